The van der Waals surface area contributed by atoms with Crippen molar-refractivity contribution in [1.29, 1.82) is 0 Å². The molecule has 0 spiro atoms. The van der Waals surface area contributed by atoms with Gasteiger partial charge < -0.3 is 0 Å². The molecule has 0 N–H and O–H groups in total. The van der Waals surface area contributed by atoms with Crippen LogP contribution >= 0.6 is 11.3 Å². The molecule has 0 atom stereocenters. The minimum Gasteiger partial charge on any atom is -0.278 e. The SMILES string of the molecule is [2H]c1c([2H])c([2H])c(-c2nc3c([2H])c(-c4nc(-c5ccc(-c6ccccc6)cc5)nc(-n5c6ccccc6c6ccccc65)n4)c([2H])c([2H])c3s2)c([2H])c1[2H]. The summed E-state index contributed by atoms with van der Waals surface area (Å²) in [6, 6.07) is 30.3. The van der Waals surface area contributed by atoms with E-state index in [4.69, 9.17) is 24.5 Å². The van der Waals surface area contributed by atoms with Gasteiger partial charge in [-0.3, -0.25) is 4.57 Å². The standard InChI is InChI=1S/C40H25N5S/c1-3-11-26(12-4-1)27-19-21-28(22-20-27)37-42-38(30-23-24-36-33(25-30)41-39(46-36)29-13-5-2-6-14-29)44-40(43-37)45-34-17-9-7-15-31(34)32-16-8-10-18-35(32)45/h1-25H/i2D,5D,6D,13D,14D,23D,24D,25D. The van der Waals surface area contributed by atoms with Gasteiger partial charge in [0.2, 0.25) is 5.95 Å². The first-order valence-electron chi connectivity index (χ1n) is 18.5. The predicted molar refractivity (Wildman–Crippen MR) is 189 cm³/mol. The van der Waals surface area contributed by atoms with Crippen LogP contribution in [0.15, 0.2) is 151 Å². The monoisotopic (exact) mass is 615 g/mol. The van der Waals surface area contributed by atoms with Gasteiger partial charge >= 0.3 is 0 Å². The lowest BCUT2D eigenvalue weighted by Gasteiger charge is -2.11. The van der Waals surface area contributed by atoms with Crippen molar-refractivity contribution >= 4 is 43.4 Å². The summed E-state index contributed by atoms with van der Waals surface area (Å²) >= 11 is 0.901. The summed E-state index contributed by atoms with van der Waals surface area (Å²) < 4.78 is 70.9. The van der Waals surface area contributed by atoms with E-state index in [1.807, 2.05) is 108 Å². The van der Waals surface area contributed by atoms with Crippen LogP contribution in [-0.4, -0.2) is 24.5 Å². The smallest absolute Gasteiger partial charge is 0.238 e. The molecule has 9 rings (SSSR count). The summed E-state index contributed by atoms with van der Waals surface area (Å²) in [6.07, 6.45) is 0. The number of para-hydroxylation sites is 2. The zero-order valence-corrected chi connectivity index (χ0v) is 24.8. The predicted octanol–water partition coefficient (Wildman–Crippen LogP) is 10.2. The van der Waals surface area contributed by atoms with E-state index in [0.717, 1.165) is 44.3 Å². The molecule has 3 heterocycles. The highest BCUT2D eigenvalue weighted by atomic mass is 32.1. The van der Waals surface area contributed by atoms with E-state index in [9.17, 15) is 1.37 Å². The van der Waals surface area contributed by atoms with Crippen LogP contribution < -0.4 is 0 Å². The number of benzene rings is 6. The number of hydrogen-bond acceptors (Lipinski definition) is 5. The van der Waals surface area contributed by atoms with Gasteiger partial charge in [0.15, 0.2) is 11.6 Å². The van der Waals surface area contributed by atoms with Crippen LogP contribution in [0, 0.1) is 0 Å². The lowest BCUT2D eigenvalue weighted by Crippen LogP contribution is -2.06. The van der Waals surface area contributed by atoms with E-state index < -0.39 is 30.2 Å². The molecule has 0 radical (unpaired) electrons. The number of aromatic nitrogens is 5. The zero-order chi connectivity index (χ0) is 37.4. The lowest BCUT2D eigenvalue weighted by molar-refractivity contribution is 0.953. The molecule has 0 unspecified atom stereocenters. The topological polar surface area (TPSA) is 56.5 Å². The average molecular weight is 616 g/mol. The van der Waals surface area contributed by atoms with Crippen LogP contribution in [0.2, 0.25) is 0 Å². The Balaban J connectivity index is 1.29. The number of thiazole rings is 1. The van der Waals surface area contributed by atoms with E-state index in [1.54, 1.807) is 0 Å². The fraction of sp³-hybridized carbons (Fsp3) is 0. The first kappa shape index (κ1) is 19.4. The summed E-state index contributed by atoms with van der Waals surface area (Å²) in [7, 11) is 0. The fourth-order valence-corrected chi connectivity index (χ4v) is 6.45. The Labute approximate surface area is 280 Å². The van der Waals surface area contributed by atoms with Gasteiger partial charge in [-0.25, -0.2) is 9.97 Å². The van der Waals surface area contributed by atoms with Crippen molar-refractivity contribution in [3.05, 3.63) is 151 Å². The van der Waals surface area contributed by atoms with E-state index in [1.165, 1.54) is 0 Å². The molecular formula is C40H25N5S. The first-order chi connectivity index (χ1) is 26.1. The maximum absolute atomic E-state index is 9.36. The van der Waals surface area contributed by atoms with Gasteiger partial charge in [-0.05, 0) is 41.4 Å². The van der Waals surface area contributed by atoms with E-state index in [0.29, 0.717) is 11.4 Å². The molecule has 216 valence electrons. The van der Waals surface area contributed by atoms with Crippen molar-refractivity contribution in [2.24, 2.45) is 0 Å². The molecule has 0 bridgehead atoms. The van der Waals surface area contributed by atoms with Gasteiger partial charge in [0.05, 0.1) is 32.2 Å². The summed E-state index contributed by atoms with van der Waals surface area (Å²) in [6.45, 7) is 0. The molecule has 3 aromatic heterocycles. The van der Waals surface area contributed by atoms with Gasteiger partial charge in [0.25, 0.3) is 0 Å². The second-order valence-electron chi connectivity index (χ2n) is 10.5. The molecule has 0 amide bonds. The Morgan fingerprint density at radius 1 is 0.500 bits per heavy atom. The Bertz CT molecular complexity index is 2900. The van der Waals surface area contributed by atoms with Crippen molar-refractivity contribution in [3.63, 3.8) is 0 Å². The molecule has 0 aliphatic heterocycles. The molecule has 46 heavy (non-hydrogen) atoms. The number of nitrogens with zero attached hydrogens (tertiary/aromatic N) is 5. The van der Waals surface area contributed by atoms with Crippen LogP contribution in [0.25, 0.3) is 82.4 Å². The molecule has 0 fully saturated rings. The van der Waals surface area contributed by atoms with Crippen molar-refractivity contribution in [1.82, 2.24) is 24.5 Å². The van der Waals surface area contributed by atoms with Gasteiger partial charge in [0, 0.05) is 27.5 Å². The van der Waals surface area contributed by atoms with Gasteiger partial charge in [0.1, 0.15) is 5.01 Å². The minimum absolute atomic E-state index is 0.00763. The van der Waals surface area contributed by atoms with E-state index in [2.05, 4.69) is 4.98 Å². The van der Waals surface area contributed by atoms with Crippen molar-refractivity contribution in [2.75, 3.05) is 0 Å². The normalized spacial score (nSPS) is 13.9. The lowest BCUT2D eigenvalue weighted by atomic mass is 10.0. The Hall–Kier alpha value is -5.98. The maximum Gasteiger partial charge on any atom is 0.238 e. The third kappa shape index (κ3) is 4.55. The van der Waals surface area contributed by atoms with Gasteiger partial charge in [-0.15, -0.1) is 11.3 Å². The molecular weight excluding hydrogens is 583 g/mol. The van der Waals surface area contributed by atoms with Crippen molar-refractivity contribution < 1.29 is 11.0 Å². The highest BCUT2D eigenvalue weighted by molar-refractivity contribution is 7.21. The van der Waals surface area contributed by atoms with E-state index >= 15 is 0 Å². The van der Waals surface area contributed by atoms with E-state index in [-0.39, 0.29) is 56.3 Å². The second-order valence-corrected chi connectivity index (χ2v) is 11.5. The van der Waals surface area contributed by atoms with Crippen LogP contribution in [0.4, 0.5) is 0 Å². The Morgan fingerprint density at radius 3 is 1.83 bits per heavy atom. The van der Waals surface area contributed by atoms with Crippen LogP contribution in [0.1, 0.15) is 11.0 Å². The summed E-state index contributed by atoms with van der Waals surface area (Å²) in [5.74, 6) is 0.537. The van der Waals surface area contributed by atoms with Crippen molar-refractivity contribution in [3.8, 4) is 50.4 Å². The Morgan fingerprint density at radius 2 is 1.11 bits per heavy atom. The summed E-state index contributed by atoms with van der Waals surface area (Å²) in [4.78, 5) is 19.3. The highest BCUT2D eigenvalue weighted by Gasteiger charge is 2.18. The van der Waals surface area contributed by atoms with Crippen molar-refractivity contribution in [2.45, 2.75) is 0 Å². The number of rotatable bonds is 5. The first-order valence-corrected chi connectivity index (χ1v) is 15.3. The maximum atomic E-state index is 9.36. The largest absolute Gasteiger partial charge is 0.278 e. The average Bonchev–Trinajstić information content (AvgIpc) is 3.79. The molecule has 0 saturated carbocycles. The van der Waals surface area contributed by atoms with Crippen LogP contribution in [-0.2, 0) is 0 Å². The molecule has 0 aliphatic carbocycles. The van der Waals surface area contributed by atoms with Gasteiger partial charge in [-0.2, -0.15) is 9.97 Å². The molecule has 0 saturated heterocycles. The van der Waals surface area contributed by atoms with Crippen LogP contribution in [0.3, 0.4) is 0 Å². The van der Waals surface area contributed by atoms with Gasteiger partial charge in [-0.1, -0.05) is 121 Å². The number of fused-ring (bicyclic) bond motifs is 4. The van der Waals surface area contributed by atoms with Crippen LogP contribution in [0.5, 0.6) is 0 Å². The summed E-state index contributed by atoms with van der Waals surface area (Å²) in [5.41, 5.74) is 4.26. The number of hydrogen-bond donors (Lipinski definition) is 0. The third-order valence-electron chi connectivity index (χ3n) is 7.76. The molecule has 5 nitrogen and oxygen atoms in total. The third-order valence-corrected chi connectivity index (χ3v) is 8.75. The quantitative estimate of drug-likeness (QED) is 0.193. The second kappa shape index (κ2) is 10.9. The highest BCUT2D eigenvalue weighted by Crippen LogP contribution is 2.35. The zero-order valence-electron chi connectivity index (χ0n) is 32.0. The molecule has 6 heteroatoms. The molecule has 0 aliphatic rings. The molecule has 6 aromatic carbocycles. The fourth-order valence-electron chi connectivity index (χ4n) is 5.62. The molecule has 9 aromatic rings. The summed E-state index contributed by atoms with van der Waals surface area (Å²) in [5, 5.41) is 2.02. The Kier molecular flexibility index (Phi) is 4.59. The minimum atomic E-state index is -0.535.